The summed E-state index contributed by atoms with van der Waals surface area (Å²) in [5, 5.41) is 14.7. The van der Waals surface area contributed by atoms with Crippen molar-refractivity contribution in [3.05, 3.63) is 46.3 Å². The molecule has 23 heavy (non-hydrogen) atoms. The van der Waals surface area contributed by atoms with Crippen LogP contribution in [0.1, 0.15) is 24.8 Å². The van der Waals surface area contributed by atoms with Crippen molar-refractivity contribution in [1.29, 1.82) is 0 Å². The number of carbonyl (C=O) groups excluding carboxylic acids is 1. The summed E-state index contributed by atoms with van der Waals surface area (Å²) in [5.41, 5.74) is 12.6. The van der Waals surface area contributed by atoms with Crippen LogP contribution in [0.2, 0.25) is 0 Å². The fourth-order valence-electron chi connectivity index (χ4n) is 1.87. The van der Waals surface area contributed by atoms with E-state index in [-0.39, 0.29) is 13.0 Å². The van der Waals surface area contributed by atoms with E-state index in [4.69, 9.17) is 16.0 Å². The van der Waals surface area contributed by atoms with Crippen molar-refractivity contribution in [3.63, 3.8) is 0 Å². The lowest BCUT2D eigenvalue weighted by atomic mass is 10.0. The van der Waals surface area contributed by atoms with Gasteiger partial charge in [0.25, 0.3) is 0 Å². The highest BCUT2D eigenvalue weighted by molar-refractivity contribution is 5.84. The highest BCUT2D eigenvalue weighted by Gasteiger charge is 2.39. The van der Waals surface area contributed by atoms with Crippen molar-refractivity contribution in [2.45, 2.75) is 31.5 Å². The fraction of sp³-hybridized carbons (Fsp3) is 0.429. The first-order valence-electron chi connectivity index (χ1n) is 7.02. The highest BCUT2D eigenvalue weighted by atomic mass is 16.5. The van der Waals surface area contributed by atoms with Crippen LogP contribution in [-0.4, -0.2) is 29.4 Å². The first-order valence-corrected chi connectivity index (χ1v) is 7.02. The molecule has 0 radical (unpaired) electrons. The van der Waals surface area contributed by atoms with Gasteiger partial charge in [-0.1, -0.05) is 35.4 Å². The summed E-state index contributed by atoms with van der Waals surface area (Å²) in [6, 6.07) is 8.90. The molecule has 1 amide bonds. The second-order valence-corrected chi connectivity index (χ2v) is 4.79. The average Bonchev–Trinajstić information content (AvgIpc) is 2.54. The van der Waals surface area contributed by atoms with Crippen molar-refractivity contribution in [3.8, 4) is 0 Å². The third kappa shape index (κ3) is 5.85. The SMILES string of the molecule is [N-]=[N+]=N[C@@](CCCCN)(NC(=O)OCc1ccccc1)C(=O)O. The van der Waals surface area contributed by atoms with E-state index >= 15 is 0 Å². The number of amides is 1. The number of hydrogen-bond donors (Lipinski definition) is 3. The second-order valence-electron chi connectivity index (χ2n) is 4.79. The van der Waals surface area contributed by atoms with Crippen molar-refractivity contribution >= 4 is 12.1 Å². The van der Waals surface area contributed by atoms with Crippen LogP contribution in [0.15, 0.2) is 35.4 Å². The van der Waals surface area contributed by atoms with Gasteiger partial charge in [0.1, 0.15) is 6.61 Å². The maximum atomic E-state index is 11.8. The Balaban J connectivity index is 2.72. The number of aliphatic carboxylic acids is 1. The summed E-state index contributed by atoms with van der Waals surface area (Å²) < 4.78 is 4.97. The van der Waals surface area contributed by atoms with Crippen LogP contribution in [0.25, 0.3) is 10.4 Å². The van der Waals surface area contributed by atoms with Gasteiger partial charge in [0, 0.05) is 4.91 Å². The molecule has 1 rings (SSSR count). The lowest BCUT2D eigenvalue weighted by molar-refractivity contribution is -0.144. The number of rotatable bonds is 9. The van der Waals surface area contributed by atoms with E-state index in [1.165, 1.54) is 0 Å². The van der Waals surface area contributed by atoms with Crippen LogP contribution < -0.4 is 11.1 Å². The Morgan fingerprint density at radius 3 is 2.61 bits per heavy atom. The number of nitrogens with zero attached hydrogens (tertiary/aromatic N) is 3. The smallest absolute Gasteiger partial charge is 0.408 e. The molecule has 9 nitrogen and oxygen atoms in total. The topological polar surface area (TPSA) is 150 Å². The average molecular weight is 321 g/mol. The molecule has 0 saturated heterocycles. The third-order valence-corrected chi connectivity index (χ3v) is 3.08. The van der Waals surface area contributed by atoms with Gasteiger partial charge in [0.15, 0.2) is 0 Å². The van der Waals surface area contributed by atoms with Gasteiger partial charge in [0.05, 0.1) is 0 Å². The van der Waals surface area contributed by atoms with Crippen LogP contribution >= 0.6 is 0 Å². The van der Waals surface area contributed by atoms with Gasteiger partial charge >= 0.3 is 12.1 Å². The van der Waals surface area contributed by atoms with Gasteiger partial charge in [-0.05, 0) is 36.9 Å². The molecule has 1 aromatic rings. The van der Waals surface area contributed by atoms with Crippen molar-refractivity contribution < 1.29 is 19.4 Å². The summed E-state index contributed by atoms with van der Waals surface area (Å²) >= 11 is 0. The number of nitrogens with two attached hydrogens (primary N) is 1. The van der Waals surface area contributed by atoms with E-state index in [1.54, 1.807) is 24.3 Å². The van der Waals surface area contributed by atoms with Crippen LogP contribution in [0.5, 0.6) is 0 Å². The Labute approximate surface area is 133 Å². The van der Waals surface area contributed by atoms with Crippen molar-refractivity contribution in [1.82, 2.24) is 5.32 Å². The number of alkyl carbamates (subject to hydrolysis) is 1. The molecule has 0 aliphatic rings. The molecule has 1 aromatic carbocycles. The Bertz CT molecular complexity index is 570. The van der Waals surface area contributed by atoms with E-state index < -0.39 is 17.7 Å². The molecule has 0 bridgehead atoms. The van der Waals surface area contributed by atoms with E-state index in [0.29, 0.717) is 19.4 Å². The predicted octanol–water partition coefficient (Wildman–Crippen LogP) is 2.13. The van der Waals surface area contributed by atoms with Gasteiger partial charge in [-0.3, -0.25) is 0 Å². The summed E-state index contributed by atoms with van der Waals surface area (Å²) in [7, 11) is 0. The monoisotopic (exact) mass is 321 g/mol. The largest absolute Gasteiger partial charge is 0.479 e. The summed E-state index contributed by atoms with van der Waals surface area (Å²) in [6.45, 7) is 0.339. The predicted molar refractivity (Wildman–Crippen MR) is 82.2 cm³/mol. The molecule has 0 aliphatic carbocycles. The van der Waals surface area contributed by atoms with Gasteiger partial charge in [-0.15, -0.1) is 0 Å². The van der Waals surface area contributed by atoms with Crippen molar-refractivity contribution in [2.75, 3.05) is 6.54 Å². The zero-order valence-electron chi connectivity index (χ0n) is 12.5. The number of azide groups is 1. The number of carboxylic acids is 1. The molecule has 124 valence electrons. The molecule has 0 spiro atoms. The van der Waals surface area contributed by atoms with Gasteiger partial charge in [-0.2, -0.15) is 0 Å². The minimum Gasteiger partial charge on any atom is -0.479 e. The molecule has 0 unspecified atom stereocenters. The fourth-order valence-corrected chi connectivity index (χ4v) is 1.87. The first-order chi connectivity index (χ1) is 11.0. The zero-order valence-corrected chi connectivity index (χ0v) is 12.5. The number of nitrogens with one attached hydrogen (secondary N) is 1. The molecule has 1 atom stereocenters. The third-order valence-electron chi connectivity index (χ3n) is 3.08. The quantitative estimate of drug-likeness (QED) is 0.275. The molecule has 0 aliphatic heterocycles. The number of hydrogen-bond acceptors (Lipinski definition) is 5. The molecule has 0 saturated carbocycles. The molecule has 0 fully saturated rings. The molecular weight excluding hydrogens is 302 g/mol. The zero-order chi connectivity index (χ0) is 17.1. The number of benzene rings is 1. The van der Waals surface area contributed by atoms with Crippen LogP contribution in [0.3, 0.4) is 0 Å². The molecule has 4 N–H and O–H groups in total. The van der Waals surface area contributed by atoms with Crippen molar-refractivity contribution in [2.24, 2.45) is 10.8 Å². The van der Waals surface area contributed by atoms with Crippen LogP contribution in [-0.2, 0) is 16.1 Å². The summed E-state index contributed by atoms with van der Waals surface area (Å²) in [5.74, 6) is -1.45. The number of ether oxygens (including phenoxy) is 1. The van der Waals surface area contributed by atoms with Gasteiger partial charge in [-0.25, -0.2) is 9.59 Å². The van der Waals surface area contributed by atoms with E-state index in [1.807, 2.05) is 6.07 Å². The lowest BCUT2D eigenvalue weighted by Gasteiger charge is -2.25. The van der Waals surface area contributed by atoms with Crippen LogP contribution in [0.4, 0.5) is 4.79 Å². The van der Waals surface area contributed by atoms with Crippen LogP contribution in [0, 0.1) is 0 Å². The Morgan fingerprint density at radius 2 is 2.04 bits per heavy atom. The summed E-state index contributed by atoms with van der Waals surface area (Å²) in [4.78, 5) is 25.8. The number of unbranched alkanes of at least 4 members (excludes halogenated alkanes) is 1. The summed E-state index contributed by atoms with van der Waals surface area (Å²) in [6.07, 6.45) is -0.141. The Hall–Kier alpha value is -2.77. The highest BCUT2D eigenvalue weighted by Crippen LogP contribution is 2.18. The molecular formula is C14H19N5O4. The maximum Gasteiger partial charge on any atom is 0.408 e. The minimum absolute atomic E-state index is 0.0263. The Kier molecular flexibility index (Phi) is 7.38. The Morgan fingerprint density at radius 1 is 1.35 bits per heavy atom. The standard InChI is InChI=1S/C14H19N5O4/c15-9-5-4-8-14(12(20)21,18-19-16)17-13(22)23-10-11-6-2-1-3-7-11/h1-3,6-7H,4-5,8-10,15H2,(H,17,22)(H,20,21)/t14-/m1/s1. The maximum absolute atomic E-state index is 11.8. The normalized spacial score (nSPS) is 12.6. The number of carboxylic acid groups (broad SMARTS) is 1. The molecule has 0 aromatic heterocycles. The molecule has 0 heterocycles. The number of carbonyl (C=O) groups is 2. The molecule has 9 heteroatoms. The van der Waals surface area contributed by atoms with E-state index in [0.717, 1.165) is 5.56 Å². The second kappa shape index (κ2) is 9.29. The first kappa shape index (κ1) is 18.3. The van der Waals surface area contributed by atoms with E-state index in [9.17, 15) is 14.7 Å². The minimum atomic E-state index is -2.09. The van der Waals surface area contributed by atoms with Gasteiger partial charge in [0.2, 0.25) is 5.66 Å². The van der Waals surface area contributed by atoms with Gasteiger partial charge < -0.3 is 20.9 Å². The van der Waals surface area contributed by atoms with E-state index in [2.05, 4.69) is 15.3 Å². The lowest BCUT2D eigenvalue weighted by Crippen LogP contribution is -2.53.